The number of nitrogens with one attached hydrogen (secondary N) is 1. The number of carbonyl (C=O) groups excluding carboxylic acids is 2. The van der Waals surface area contributed by atoms with Gasteiger partial charge in [0, 0.05) is 25.6 Å². The predicted molar refractivity (Wildman–Crippen MR) is 120 cm³/mol. The first-order chi connectivity index (χ1) is 15.4. The van der Waals surface area contributed by atoms with Gasteiger partial charge in [-0.3, -0.25) is 9.59 Å². The van der Waals surface area contributed by atoms with Crippen LogP contribution in [0.25, 0.3) is 0 Å². The third kappa shape index (κ3) is 5.27. The van der Waals surface area contributed by atoms with Gasteiger partial charge in [0.25, 0.3) is 5.91 Å². The van der Waals surface area contributed by atoms with Crippen molar-refractivity contribution in [3.8, 4) is 5.75 Å². The fraction of sp³-hybridized carbons (Fsp3) is 0.440. The molecule has 0 spiro atoms. The number of fused-ring (bicyclic) bond motifs is 1. The Bertz CT molecular complexity index is 973. The van der Waals surface area contributed by atoms with Crippen LogP contribution >= 0.6 is 0 Å². The number of benzene rings is 2. The fourth-order valence-corrected chi connectivity index (χ4v) is 4.11. The number of nitrogens with zero attached hydrogens (tertiary/aromatic N) is 2. The lowest BCUT2D eigenvalue weighted by molar-refractivity contribution is -0.134. The molecule has 1 fully saturated rings. The van der Waals surface area contributed by atoms with Crippen LogP contribution in [0.15, 0.2) is 42.5 Å². The van der Waals surface area contributed by atoms with Crippen LogP contribution in [-0.4, -0.2) is 62.0 Å². The number of ether oxygens (including phenoxy) is 1. The molecule has 170 valence electrons. The van der Waals surface area contributed by atoms with E-state index in [1.165, 1.54) is 12.1 Å². The molecule has 32 heavy (non-hydrogen) atoms. The number of halogens is 1. The van der Waals surface area contributed by atoms with Crippen molar-refractivity contribution in [2.24, 2.45) is 5.92 Å². The third-order valence-electron chi connectivity index (χ3n) is 5.99. The highest BCUT2D eigenvalue weighted by atomic mass is 19.1. The molecular formula is C25H30FN3O3. The van der Waals surface area contributed by atoms with Crippen molar-refractivity contribution in [2.45, 2.75) is 25.3 Å². The van der Waals surface area contributed by atoms with E-state index in [0.717, 1.165) is 42.5 Å². The van der Waals surface area contributed by atoms with E-state index in [1.807, 2.05) is 42.1 Å². The Balaban J connectivity index is 1.54. The smallest absolute Gasteiger partial charge is 0.257 e. The molecule has 2 aromatic carbocycles. The number of rotatable bonds is 8. The molecule has 1 atom stereocenters. The average Bonchev–Trinajstić information content (AvgIpc) is 3.62. The fourth-order valence-electron chi connectivity index (χ4n) is 4.11. The van der Waals surface area contributed by atoms with Gasteiger partial charge in [-0.1, -0.05) is 18.2 Å². The minimum atomic E-state index is -0.304. The van der Waals surface area contributed by atoms with Gasteiger partial charge in [0.1, 0.15) is 11.6 Å². The highest BCUT2D eigenvalue weighted by Crippen LogP contribution is 2.41. The van der Waals surface area contributed by atoms with Crippen LogP contribution in [0.5, 0.6) is 5.75 Å². The summed E-state index contributed by atoms with van der Waals surface area (Å²) in [5, 5.41) is 2.83. The van der Waals surface area contributed by atoms with Crippen molar-refractivity contribution in [1.82, 2.24) is 15.1 Å². The van der Waals surface area contributed by atoms with Gasteiger partial charge < -0.3 is 19.9 Å². The molecule has 4 rings (SSSR count). The number of likely N-dealkylation sites (N-methyl/N-ethyl adjacent to an activating group) is 1. The summed E-state index contributed by atoms with van der Waals surface area (Å²) in [6, 6.07) is 11.9. The van der Waals surface area contributed by atoms with E-state index in [4.69, 9.17) is 4.74 Å². The summed E-state index contributed by atoms with van der Waals surface area (Å²) < 4.78 is 19.3. The van der Waals surface area contributed by atoms with Crippen LogP contribution in [0.1, 0.15) is 35.6 Å². The molecule has 0 radical (unpaired) electrons. The summed E-state index contributed by atoms with van der Waals surface area (Å²) in [7, 11) is 3.90. The van der Waals surface area contributed by atoms with Crippen molar-refractivity contribution in [3.05, 3.63) is 65.0 Å². The van der Waals surface area contributed by atoms with E-state index in [9.17, 15) is 14.0 Å². The Kier molecular flexibility index (Phi) is 6.74. The molecule has 0 aromatic heterocycles. The van der Waals surface area contributed by atoms with Crippen LogP contribution in [0.3, 0.4) is 0 Å². The summed E-state index contributed by atoms with van der Waals surface area (Å²) in [5.74, 6) is 0.369. The number of hydrogen-bond acceptors (Lipinski definition) is 4. The summed E-state index contributed by atoms with van der Waals surface area (Å²) in [6.07, 6.45) is 2.63. The number of hydrogen-bond donors (Lipinski definition) is 1. The van der Waals surface area contributed by atoms with E-state index >= 15 is 0 Å². The van der Waals surface area contributed by atoms with E-state index < -0.39 is 0 Å². The minimum Gasteiger partial charge on any atom is -0.484 e. The van der Waals surface area contributed by atoms with Gasteiger partial charge in [0.15, 0.2) is 6.61 Å². The zero-order valence-corrected chi connectivity index (χ0v) is 18.6. The Hall–Kier alpha value is -2.93. The first-order valence-corrected chi connectivity index (χ1v) is 11.2. The summed E-state index contributed by atoms with van der Waals surface area (Å²) >= 11 is 0. The average molecular weight is 440 g/mol. The normalized spacial score (nSPS) is 17.8. The summed E-state index contributed by atoms with van der Waals surface area (Å²) in [6.45, 7) is 1.88. The molecule has 0 bridgehead atoms. The summed E-state index contributed by atoms with van der Waals surface area (Å²) in [4.78, 5) is 29.0. The SMILES string of the molecule is CN(C)CCNC(=O)COc1ccc2c(c1)C(c1ccc(F)cc1)N(C(=O)C1CC1)CC2. The van der Waals surface area contributed by atoms with Crippen LogP contribution in [0.4, 0.5) is 4.39 Å². The Labute approximate surface area is 188 Å². The van der Waals surface area contributed by atoms with Gasteiger partial charge >= 0.3 is 0 Å². The monoisotopic (exact) mass is 439 g/mol. The van der Waals surface area contributed by atoms with Crippen LogP contribution in [0.2, 0.25) is 0 Å². The molecule has 0 saturated heterocycles. The molecule has 1 aliphatic carbocycles. The topological polar surface area (TPSA) is 61.9 Å². The maximum Gasteiger partial charge on any atom is 0.257 e. The van der Waals surface area contributed by atoms with E-state index in [-0.39, 0.29) is 36.2 Å². The van der Waals surface area contributed by atoms with Crippen LogP contribution in [-0.2, 0) is 16.0 Å². The number of amides is 2. The van der Waals surface area contributed by atoms with Crippen molar-refractivity contribution in [3.63, 3.8) is 0 Å². The zero-order chi connectivity index (χ0) is 22.7. The quantitative estimate of drug-likeness (QED) is 0.687. The summed E-state index contributed by atoms with van der Waals surface area (Å²) in [5.41, 5.74) is 2.99. The van der Waals surface area contributed by atoms with Crippen LogP contribution < -0.4 is 10.1 Å². The highest BCUT2D eigenvalue weighted by Gasteiger charge is 2.39. The molecule has 1 aliphatic heterocycles. The first kappa shape index (κ1) is 22.3. The van der Waals surface area contributed by atoms with Gasteiger partial charge in [-0.15, -0.1) is 0 Å². The third-order valence-corrected chi connectivity index (χ3v) is 5.99. The van der Waals surface area contributed by atoms with Crippen molar-refractivity contribution in [1.29, 1.82) is 0 Å². The molecule has 1 N–H and O–H groups in total. The molecule has 2 amide bonds. The second-order valence-corrected chi connectivity index (χ2v) is 8.81. The van der Waals surface area contributed by atoms with Gasteiger partial charge in [0.05, 0.1) is 6.04 Å². The van der Waals surface area contributed by atoms with Gasteiger partial charge in [0.2, 0.25) is 5.91 Å². The molecule has 2 aromatic rings. The molecular weight excluding hydrogens is 409 g/mol. The highest BCUT2D eigenvalue weighted by molar-refractivity contribution is 5.82. The van der Waals surface area contributed by atoms with Gasteiger partial charge in [-0.05, 0) is 74.3 Å². The molecule has 7 heteroatoms. The van der Waals surface area contributed by atoms with Gasteiger partial charge in [-0.2, -0.15) is 0 Å². The minimum absolute atomic E-state index is 0.0713. The van der Waals surface area contributed by atoms with Crippen LogP contribution in [0, 0.1) is 11.7 Å². The molecule has 1 saturated carbocycles. The molecule has 1 heterocycles. The van der Waals surface area contributed by atoms with Gasteiger partial charge in [-0.25, -0.2) is 4.39 Å². The maximum atomic E-state index is 13.6. The Morgan fingerprint density at radius 1 is 1.16 bits per heavy atom. The molecule has 2 aliphatic rings. The predicted octanol–water partition coefficient (Wildman–Crippen LogP) is 2.77. The first-order valence-electron chi connectivity index (χ1n) is 11.2. The lowest BCUT2D eigenvalue weighted by Crippen LogP contribution is -2.41. The second kappa shape index (κ2) is 9.69. The molecule has 6 nitrogen and oxygen atoms in total. The molecule has 1 unspecified atom stereocenters. The second-order valence-electron chi connectivity index (χ2n) is 8.81. The van der Waals surface area contributed by atoms with E-state index in [0.29, 0.717) is 18.8 Å². The van der Waals surface area contributed by atoms with E-state index in [2.05, 4.69) is 5.32 Å². The maximum absolute atomic E-state index is 13.6. The van der Waals surface area contributed by atoms with Crippen molar-refractivity contribution < 1.29 is 18.7 Å². The van der Waals surface area contributed by atoms with Crippen molar-refractivity contribution in [2.75, 3.05) is 40.3 Å². The number of carbonyl (C=O) groups is 2. The lowest BCUT2D eigenvalue weighted by Gasteiger charge is -2.38. The van der Waals surface area contributed by atoms with E-state index in [1.54, 1.807) is 12.1 Å². The zero-order valence-electron chi connectivity index (χ0n) is 18.6. The largest absolute Gasteiger partial charge is 0.484 e. The standard InChI is InChI=1S/C25H30FN3O3/c1-28(2)14-12-27-23(30)16-32-21-10-7-17-11-13-29(25(31)19-3-4-19)24(22(17)15-21)18-5-8-20(26)9-6-18/h5-10,15,19,24H,3-4,11-14,16H2,1-2H3,(H,27,30). The van der Waals surface area contributed by atoms with Crippen molar-refractivity contribution >= 4 is 11.8 Å². The Morgan fingerprint density at radius 3 is 2.59 bits per heavy atom. The lowest BCUT2D eigenvalue weighted by atomic mass is 9.87. The Morgan fingerprint density at radius 2 is 1.91 bits per heavy atom.